The number of amides is 1. The van der Waals surface area contributed by atoms with E-state index in [0.29, 0.717) is 18.8 Å². The molecule has 1 aromatic heterocycles. The van der Waals surface area contributed by atoms with Crippen LogP contribution in [0.25, 0.3) is 0 Å². The van der Waals surface area contributed by atoms with Crippen molar-refractivity contribution in [1.29, 1.82) is 0 Å². The third kappa shape index (κ3) is 5.43. The average molecular weight is 407 g/mol. The topological polar surface area (TPSA) is 61.1 Å². The summed E-state index contributed by atoms with van der Waals surface area (Å²) in [5, 5.41) is 4.15. The van der Waals surface area contributed by atoms with Crippen LogP contribution >= 0.6 is 23.4 Å². The van der Waals surface area contributed by atoms with Gasteiger partial charge in [0.15, 0.2) is 11.7 Å². The van der Waals surface area contributed by atoms with Crippen molar-refractivity contribution in [1.82, 2.24) is 15.1 Å². The van der Waals surface area contributed by atoms with E-state index in [4.69, 9.17) is 16.0 Å². The molecule has 0 bridgehead atoms. The van der Waals surface area contributed by atoms with E-state index in [2.05, 4.69) is 15.2 Å². The van der Waals surface area contributed by atoms with Crippen LogP contribution in [0.1, 0.15) is 10.6 Å². The highest BCUT2D eigenvalue weighted by Gasteiger charge is 2.24. The number of carbonyl (C=O) groups is 1. The molecule has 0 aliphatic carbocycles. The lowest BCUT2D eigenvalue weighted by Crippen LogP contribution is -2.54. The van der Waals surface area contributed by atoms with Crippen LogP contribution in [0, 0.1) is 0 Å². The number of carbonyl (C=O) groups excluding carboxylic acids is 1. The van der Waals surface area contributed by atoms with Gasteiger partial charge in [-0.05, 0) is 36.4 Å². The van der Waals surface area contributed by atoms with Gasteiger partial charge in [-0.2, -0.15) is 0 Å². The van der Waals surface area contributed by atoms with Crippen LogP contribution in [-0.2, 0) is 0 Å². The van der Waals surface area contributed by atoms with Gasteiger partial charge in [0.2, 0.25) is 0 Å². The van der Waals surface area contributed by atoms with E-state index in [9.17, 15) is 4.79 Å². The van der Waals surface area contributed by atoms with Crippen LogP contribution in [0.4, 0.5) is 0 Å². The van der Waals surface area contributed by atoms with Gasteiger partial charge in [-0.1, -0.05) is 11.6 Å². The van der Waals surface area contributed by atoms with Crippen LogP contribution in [0.15, 0.2) is 57.0 Å². The highest BCUT2D eigenvalue weighted by molar-refractivity contribution is 7.99. The molecular weight excluding hydrogens is 384 g/mol. The maximum absolute atomic E-state index is 12.3. The molecule has 1 aliphatic heterocycles. The van der Waals surface area contributed by atoms with Crippen molar-refractivity contribution in [3.63, 3.8) is 0 Å². The number of hydrogen-bond donors (Lipinski definition) is 1. The summed E-state index contributed by atoms with van der Waals surface area (Å²) in [6.45, 7) is 3.61. The van der Waals surface area contributed by atoms with Gasteiger partial charge in [0.25, 0.3) is 5.91 Å². The summed E-state index contributed by atoms with van der Waals surface area (Å²) in [7, 11) is 1.79. The van der Waals surface area contributed by atoms with Crippen molar-refractivity contribution in [3.8, 4) is 0 Å². The Kier molecular flexibility index (Phi) is 7.06. The van der Waals surface area contributed by atoms with E-state index >= 15 is 0 Å². The van der Waals surface area contributed by atoms with Gasteiger partial charge in [-0.25, -0.2) is 0 Å². The van der Waals surface area contributed by atoms with E-state index in [-0.39, 0.29) is 5.91 Å². The smallest absolute Gasteiger partial charge is 0.289 e. The molecule has 0 spiro atoms. The zero-order chi connectivity index (χ0) is 19.1. The minimum Gasteiger partial charge on any atom is -0.459 e. The molecule has 144 valence electrons. The van der Waals surface area contributed by atoms with Crippen molar-refractivity contribution in [3.05, 3.63) is 53.4 Å². The highest BCUT2D eigenvalue weighted by Crippen LogP contribution is 2.19. The molecule has 2 heterocycles. The largest absolute Gasteiger partial charge is 0.459 e. The SMILES string of the molecule is CN=C(NCCSc1ccc(Cl)cc1)N1CCN(C(=O)c2ccco2)CC1. The minimum absolute atomic E-state index is 0.0537. The second-order valence-electron chi connectivity index (χ2n) is 6.03. The van der Waals surface area contributed by atoms with Crippen LogP contribution in [-0.4, -0.2) is 67.2 Å². The fraction of sp³-hybridized carbons (Fsp3) is 0.368. The van der Waals surface area contributed by atoms with Gasteiger partial charge in [0, 0.05) is 55.4 Å². The Balaban J connectivity index is 1.41. The first kappa shape index (κ1) is 19.6. The first-order chi connectivity index (χ1) is 13.2. The number of nitrogens with zero attached hydrogens (tertiary/aromatic N) is 3. The van der Waals surface area contributed by atoms with Crippen molar-refractivity contribution in [2.45, 2.75) is 4.90 Å². The molecule has 6 nitrogen and oxygen atoms in total. The predicted molar refractivity (Wildman–Crippen MR) is 110 cm³/mol. The number of rotatable bonds is 5. The summed E-state index contributed by atoms with van der Waals surface area (Å²) in [5.41, 5.74) is 0. The predicted octanol–water partition coefficient (Wildman–Crippen LogP) is 3.06. The van der Waals surface area contributed by atoms with E-state index in [1.165, 1.54) is 11.2 Å². The van der Waals surface area contributed by atoms with Crippen LogP contribution in [0.5, 0.6) is 0 Å². The molecule has 8 heteroatoms. The Morgan fingerprint density at radius 2 is 1.89 bits per heavy atom. The molecule has 0 unspecified atom stereocenters. The van der Waals surface area contributed by atoms with E-state index < -0.39 is 0 Å². The molecule has 1 aliphatic rings. The second-order valence-corrected chi connectivity index (χ2v) is 7.64. The third-order valence-electron chi connectivity index (χ3n) is 4.28. The lowest BCUT2D eigenvalue weighted by atomic mass is 10.3. The second kappa shape index (κ2) is 9.71. The summed E-state index contributed by atoms with van der Waals surface area (Å²) >= 11 is 7.68. The molecule has 27 heavy (non-hydrogen) atoms. The number of piperazine rings is 1. The van der Waals surface area contributed by atoms with Gasteiger partial charge in [-0.3, -0.25) is 9.79 Å². The normalized spacial score (nSPS) is 15.1. The van der Waals surface area contributed by atoms with Crippen LogP contribution in [0.3, 0.4) is 0 Å². The summed E-state index contributed by atoms with van der Waals surface area (Å²) in [6.07, 6.45) is 1.53. The Morgan fingerprint density at radius 1 is 1.19 bits per heavy atom. The number of hydrogen-bond acceptors (Lipinski definition) is 4. The first-order valence-corrected chi connectivity index (χ1v) is 10.2. The Bertz CT molecular complexity index is 757. The van der Waals surface area contributed by atoms with Gasteiger partial charge in [0.05, 0.1) is 6.26 Å². The molecule has 3 rings (SSSR count). The number of guanidine groups is 1. The number of furan rings is 1. The van der Waals surface area contributed by atoms with E-state index in [1.54, 1.807) is 30.9 Å². The number of aliphatic imine (C=N–C) groups is 1. The minimum atomic E-state index is -0.0537. The molecule has 1 aromatic carbocycles. The van der Waals surface area contributed by atoms with Crippen LogP contribution in [0.2, 0.25) is 5.02 Å². The molecule has 1 amide bonds. The Morgan fingerprint density at radius 3 is 2.52 bits per heavy atom. The summed E-state index contributed by atoms with van der Waals surface area (Å²) in [6, 6.07) is 11.3. The molecule has 1 N–H and O–H groups in total. The lowest BCUT2D eigenvalue weighted by molar-refractivity contribution is 0.0658. The monoisotopic (exact) mass is 406 g/mol. The Hall–Kier alpha value is -2.12. The summed E-state index contributed by atoms with van der Waals surface area (Å²) in [4.78, 5) is 21.9. The molecule has 2 aromatic rings. The number of halogens is 1. The fourth-order valence-corrected chi connectivity index (χ4v) is 3.77. The Labute approximate surface area is 168 Å². The maximum Gasteiger partial charge on any atom is 0.289 e. The average Bonchev–Trinajstić information content (AvgIpc) is 3.24. The summed E-state index contributed by atoms with van der Waals surface area (Å²) in [5.74, 6) is 2.14. The van der Waals surface area contributed by atoms with Gasteiger partial charge in [0.1, 0.15) is 0 Å². The molecule has 1 fully saturated rings. The van der Waals surface area contributed by atoms with Crippen molar-refractivity contribution >= 4 is 35.2 Å². The van der Waals surface area contributed by atoms with Gasteiger partial charge in [-0.15, -0.1) is 11.8 Å². The molecule has 0 radical (unpaired) electrons. The summed E-state index contributed by atoms with van der Waals surface area (Å²) < 4.78 is 5.20. The quantitative estimate of drug-likeness (QED) is 0.358. The van der Waals surface area contributed by atoms with Crippen molar-refractivity contribution in [2.24, 2.45) is 4.99 Å². The molecular formula is C19H23ClN4O2S. The fourth-order valence-electron chi connectivity index (χ4n) is 2.87. The lowest BCUT2D eigenvalue weighted by Gasteiger charge is -2.36. The number of benzene rings is 1. The highest BCUT2D eigenvalue weighted by atomic mass is 35.5. The van der Waals surface area contributed by atoms with E-state index in [0.717, 1.165) is 36.4 Å². The van der Waals surface area contributed by atoms with E-state index in [1.807, 2.05) is 29.2 Å². The van der Waals surface area contributed by atoms with Gasteiger partial charge < -0.3 is 19.5 Å². The maximum atomic E-state index is 12.3. The zero-order valence-electron chi connectivity index (χ0n) is 15.2. The van der Waals surface area contributed by atoms with Gasteiger partial charge >= 0.3 is 0 Å². The van der Waals surface area contributed by atoms with Crippen molar-refractivity contribution in [2.75, 3.05) is 45.5 Å². The number of nitrogens with one attached hydrogen (secondary N) is 1. The van der Waals surface area contributed by atoms with Crippen molar-refractivity contribution < 1.29 is 9.21 Å². The zero-order valence-corrected chi connectivity index (χ0v) is 16.8. The molecule has 0 saturated carbocycles. The first-order valence-electron chi connectivity index (χ1n) is 8.84. The standard InChI is InChI=1S/C19H23ClN4O2S/c1-21-19(22-8-14-27-16-6-4-15(20)5-7-16)24-11-9-23(10-12-24)18(25)17-3-2-13-26-17/h2-7,13H,8-12,14H2,1H3,(H,21,22). The third-order valence-corrected chi connectivity index (χ3v) is 5.54. The van der Waals surface area contributed by atoms with Crippen LogP contribution < -0.4 is 5.32 Å². The number of thioether (sulfide) groups is 1. The molecule has 1 saturated heterocycles. The molecule has 0 atom stereocenters.